The first-order valence-corrected chi connectivity index (χ1v) is 3.47. The second-order valence-electron chi connectivity index (χ2n) is 2.59. The van der Waals surface area contributed by atoms with Gasteiger partial charge < -0.3 is 10.7 Å². The summed E-state index contributed by atoms with van der Waals surface area (Å²) >= 11 is 0. The number of aromatic amines is 1. The summed E-state index contributed by atoms with van der Waals surface area (Å²) in [5, 5.41) is 0. The van der Waals surface area contributed by atoms with Crippen LogP contribution in [0.15, 0.2) is 18.3 Å². The lowest BCUT2D eigenvalue weighted by molar-refractivity contribution is 1.26. The zero-order valence-electron chi connectivity index (χ0n) is 6.26. The van der Waals surface area contributed by atoms with Crippen molar-refractivity contribution in [2.45, 2.75) is 6.92 Å². The SMILES string of the molecule is Cc1cc(N)c2[nH]ccc2n1. The topological polar surface area (TPSA) is 54.7 Å². The Morgan fingerprint density at radius 2 is 2.36 bits per heavy atom. The third kappa shape index (κ3) is 0.852. The Balaban J connectivity index is 2.91. The molecular weight excluding hydrogens is 138 g/mol. The molecule has 0 aromatic carbocycles. The maximum Gasteiger partial charge on any atom is 0.0903 e. The van der Waals surface area contributed by atoms with Crippen LogP contribution in [0.5, 0.6) is 0 Å². The van der Waals surface area contributed by atoms with E-state index < -0.39 is 0 Å². The fourth-order valence-corrected chi connectivity index (χ4v) is 1.21. The summed E-state index contributed by atoms with van der Waals surface area (Å²) in [5.74, 6) is 0. The summed E-state index contributed by atoms with van der Waals surface area (Å²) < 4.78 is 0. The Bertz CT molecular complexity index is 389. The van der Waals surface area contributed by atoms with Gasteiger partial charge in [-0.15, -0.1) is 0 Å². The van der Waals surface area contributed by atoms with Gasteiger partial charge in [0.1, 0.15) is 0 Å². The van der Waals surface area contributed by atoms with Gasteiger partial charge in [-0.1, -0.05) is 0 Å². The summed E-state index contributed by atoms with van der Waals surface area (Å²) in [6, 6.07) is 3.78. The standard InChI is InChI=1S/C8H9N3/c1-5-4-6(9)8-7(11-5)2-3-10-8/h2-4,10H,1H3,(H2,9,11). The van der Waals surface area contributed by atoms with Crippen LogP contribution >= 0.6 is 0 Å². The van der Waals surface area contributed by atoms with Gasteiger partial charge >= 0.3 is 0 Å². The Morgan fingerprint density at radius 1 is 1.55 bits per heavy atom. The van der Waals surface area contributed by atoms with Crippen molar-refractivity contribution in [1.82, 2.24) is 9.97 Å². The monoisotopic (exact) mass is 147 g/mol. The summed E-state index contributed by atoms with van der Waals surface area (Å²) in [5.41, 5.74) is 9.30. The molecule has 0 amide bonds. The third-order valence-corrected chi connectivity index (χ3v) is 1.67. The summed E-state index contributed by atoms with van der Waals surface area (Å²) in [7, 11) is 0. The lowest BCUT2D eigenvalue weighted by Crippen LogP contribution is -1.90. The first kappa shape index (κ1) is 6.22. The number of H-pyrrole nitrogens is 1. The average molecular weight is 147 g/mol. The molecule has 56 valence electrons. The molecule has 11 heavy (non-hydrogen) atoms. The van der Waals surface area contributed by atoms with Gasteiger partial charge in [-0.2, -0.15) is 0 Å². The Kier molecular flexibility index (Phi) is 1.12. The molecule has 0 radical (unpaired) electrons. The van der Waals surface area contributed by atoms with Gasteiger partial charge in [0, 0.05) is 11.9 Å². The van der Waals surface area contributed by atoms with E-state index in [4.69, 9.17) is 5.73 Å². The molecule has 0 atom stereocenters. The quantitative estimate of drug-likeness (QED) is 0.592. The minimum atomic E-state index is 0.762. The van der Waals surface area contributed by atoms with Crippen LogP contribution in [0.2, 0.25) is 0 Å². The molecule has 2 heterocycles. The smallest absolute Gasteiger partial charge is 0.0903 e. The highest BCUT2D eigenvalue weighted by Gasteiger charge is 1.99. The van der Waals surface area contributed by atoms with Gasteiger partial charge in [-0.05, 0) is 19.1 Å². The van der Waals surface area contributed by atoms with Crippen molar-refractivity contribution < 1.29 is 0 Å². The van der Waals surface area contributed by atoms with Crippen molar-refractivity contribution in [3.8, 4) is 0 Å². The Labute approximate surface area is 64.2 Å². The van der Waals surface area contributed by atoms with Crippen LogP contribution in [0.4, 0.5) is 5.69 Å². The normalized spacial score (nSPS) is 10.6. The van der Waals surface area contributed by atoms with E-state index in [0.29, 0.717) is 0 Å². The fourth-order valence-electron chi connectivity index (χ4n) is 1.21. The number of nitrogens with zero attached hydrogens (tertiary/aromatic N) is 1. The second kappa shape index (κ2) is 1.99. The average Bonchev–Trinajstić information content (AvgIpc) is 2.34. The zero-order valence-corrected chi connectivity index (χ0v) is 6.26. The van der Waals surface area contributed by atoms with Gasteiger partial charge in [0.2, 0.25) is 0 Å². The molecule has 3 N–H and O–H groups in total. The Morgan fingerprint density at radius 3 is 3.18 bits per heavy atom. The molecule has 3 nitrogen and oxygen atoms in total. The van der Waals surface area contributed by atoms with Crippen LogP contribution in [0.3, 0.4) is 0 Å². The predicted molar refractivity (Wildman–Crippen MR) is 45.2 cm³/mol. The molecule has 0 unspecified atom stereocenters. The van der Waals surface area contributed by atoms with Gasteiger partial charge in [0.05, 0.1) is 16.7 Å². The molecule has 0 aliphatic carbocycles. The number of pyridine rings is 1. The highest BCUT2D eigenvalue weighted by Crippen LogP contribution is 2.17. The molecule has 0 saturated heterocycles. The fraction of sp³-hybridized carbons (Fsp3) is 0.125. The van der Waals surface area contributed by atoms with Crippen molar-refractivity contribution in [2.24, 2.45) is 0 Å². The molecule has 2 aromatic rings. The largest absolute Gasteiger partial charge is 0.397 e. The molecule has 0 aliphatic rings. The molecule has 0 fully saturated rings. The van der Waals surface area contributed by atoms with Crippen LogP contribution in [0.25, 0.3) is 11.0 Å². The number of hydrogen-bond donors (Lipinski definition) is 2. The Hall–Kier alpha value is -1.51. The van der Waals surface area contributed by atoms with Crippen LogP contribution in [0.1, 0.15) is 5.69 Å². The number of fused-ring (bicyclic) bond motifs is 1. The maximum absolute atomic E-state index is 5.73. The van der Waals surface area contributed by atoms with E-state index in [1.165, 1.54) is 0 Å². The first-order chi connectivity index (χ1) is 5.27. The highest BCUT2D eigenvalue weighted by atomic mass is 14.8. The van der Waals surface area contributed by atoms with E-state index in [9.17, 15) is 0 Å². The van der Waals surface area contributed by atoms with E-state index in [2.05, 4.69) is 9.97 Å². The van der Waals surface area contributed by atoms with Crippen molar-refractivity contribution in [3.63, 3.8) is 0 Å². The van der Waals surface area contributed by atoms with E-state index in [1.54, 1.807) is 0 Å². The van der Waals surface area contributed by atoms with Crippen LogP contribution < -0.4 is 5.73 Å². The molecule has 0 bridgehead atoms. The van der Waals surface area contributed by atoms with Gasteiger partial charge in [-0.3, -0.25) is 4.98 Å². The number of nitrogens with one attached hydrogen (secondary N) is 1. The van der Waals surface area contributed by atoms with E-state index in [1.807, 2.05) is 25.3 Å². The van der Waals surface area contributed by atoms with Crippen LogP contribution in [-0.2, 0) is 0 Å². The van der Waals surface area contributed by atoms with Crippen molar-refractivity contribution in [2.75, 3.05) is 5.73 Å². The molecule has 2 rings (SSSR count). The molecule has 3 heteroatoms. The number of hydrogen-bond acceptors (Lipinski definition) is 2. The van der Waals surface area contributed by atoms with Crippen molar-refractivity contribution >= 4 is 16.7 Å². The van der Waals surface area contributed by atoms with E-state index in [-0.39, 0.29) is 0 Å². The minimum absolute atomic E-state index is 0.762. The number of rotatable bonds is 0. The van der Waals surface area contributed by atoms with Crippen molar-refractivity contribution in [1.29, 1.82) is 0 Å². The van der Waals surface area contributed by atoms with Crippen LogP contribution in [-0.4, -0.2) is 9.97 Å². The van der Waals surface area contributed by atoms with Crippen molar-refractivity contribution in [3.05, 3.63) is 24.0 Å². The number of anilines is 1. The highest BCUT2D eigenvalue weighted by molar-refractivity contribution is 5.86. The van der Waals surface area contributed by atoms with Gasteiger partial charge in [-0.25, -0.2) is 0 Å². The van der Waals surface area contributed by atoms with E-state index >= 15 is 0 Å². The first-order valence-electron chi connectivity index (χ1n) is 3.47. The molecule has 2 aromatic heterocycles. The lowest BCUT2D eigenvalue weighted by atomic mass is 10.3. The number of nitrogen functional groups attached to an aromatic ring is 1. The number of aromatic nitrogens is 2. The van der Waals surface area contributed by atoms with E-state index in [0.717, 1.165) is 22.4 Å². The molecule has 0 spiro atoms. The summed E-state index contributed by atoms with van der Waals surface area (Å²) in [6.07, 6.45) is 1.84. The maximum atomic E-state index is 5.73. The summed E-state index contributed by atoms with van der Waals surface area (Å²) in [4.78, 5) is 7.31. The lowest BCUT2D eigenvalue weighted by Gasteiger charge is -1.96. The number of nitrogens with two attached hydrogens (primary N) is 1. The van der Waals surface area contributed by atoms with Gasteiger partial charge in [0.25, 0.3) is 0 Å². The zero-order chi connectivity index (χ0) is 7.84. The predicted octanol–water partition coefficient (Wildman–Crippen LogP) is 1.45. The number of aryl methyl sites for hydroxylation is 1. The minimum Gasteiger partial charge on any atom is -0.397 e. The second-order valence-corrected chi connectivity index (χ2v) is 2.59. The van der Waals surface area contributed by atoms with Crippen LogP contribution in [0, 0.1) is 6.92 Å². The molecule has 0 saturated carbocycles. The molecule has 0 aliphatic heterocycles. The molecular formula is C8H9N3. The van der Waals surface area contributed by atoms with Gasteiger partial charge in [0.15, 0.2) is 0 Å². The summed E-state index contributed by atoms with van der Waals surface area (Å²) in [6.45, 7) is 1.93. The third-order valence-electron chi connectivity index (χ3n) is 1.67.